The van der Waals surface area contributed by atoms with Crippen LogP contribution in [0.5, 0.6) is 0 Å². The van der Waals surface area contributed by atoms with Gasteiger partial charge in [0.15, 0.2) is 0 Å². The van der Waals surface area contributed by atoms with E-state index in [-0.39, 0.29) is 12.5 Å². The average molecular weight is 238 g/mol. The minimum absolute atomic E-state index is 0.0583. The quantitative estimate of drug-likeness (QED) is 0.699. The van der Waals surface area contributed by atoms with E-state index < -0.39 is 18.2 Å². The van der Waals surface area contributed by atoms with Gasteiger partial charge in [0.2, 0.25) is 6.10 Å². The summed E-state index contributed by atoms with van der Waals surface area (Å²) in [7, 11) is 0. The van der Waals surface area contributed by atoms with Crippen LogP contribution in [0.3, 0.4) is 0 Å². The number of cyclic esters (lactones) is 2. The van der Waals surface area contributed by atoms with E-state index in [1.54, 1.807) is 0 Å². The molecule has 2 aliphatic rings. The molecule has 0 N–H and O–H groups in total. The Morgan fingerprint density at radius 3 is 3.00 bits per heavy atom. The second-order valence-corrected chi connectivity index (χ2v) is 4.10. The van der Waals surface area contributed by atoms with Crippen molar-refractivity contribution in [3.8, 4) is 0 Å². The first kappa shape index (κ1) is 11.7. The largest absolute Gasteiger partial charge is 0.509 e. The molecule has 5 nitrogen and oxygen atoms in total. The molecule has 5 heteroatoms. The summed E-state index contributed by atoms with van der Waals surface area (Å²) in [5, 5.41) is 0. The second-order valence-electron chi connectivity index (χ2n) is 4.10. The number of hydrogen-bond donors (Lipinski definition) is 0. The molecule has 1 aliphatic heterocycles. The Morgan fingerprint density at radius 2 is 2.41 bits per heavy atom. The molecule has 0 radical (unpaired) electrons. The topological polar surface area (TPSA) is 61.8 Å². The molecule has 92 valence electrons. The van der Waals surface area contributed by atoms with Gasteiger partial charge in [-0.2, -0.15) is 0 Å². The molecule has 0 aromatic carbocycles. The number of esters is 1. The maximum atomic E-state index is 11.5. The lowest BCUT2D eigenvalue weighted by atomic mass is 9.98. The third kappa shape index (κ3) is 3.09. The van der Waals surface area contributed by atoms with Gasteiger partial charge in [0, 0.05) is 5.92 Å². The Kier molecular flexibility index (Phi) is 3.46. The summed E-state index contributed by atoms with van der Waals surface area (Å²) in [6.45, 7) is 2.26. The Labute approximate surface area is 99.0 Å². The molecule has 1 heterocycles. The highest BCUT2D eigenvalue weighted by atomic mass is 16.8. The summed E-state index contributed by atoms with van der Waals surface area (Å²) in [4.78, 5) is 22.1. The van der Waals surface area contributed by atoms with Gasteiger partial charge in [-0.3, -0.25) is 0 Å². The number of carbonyl (C=O) groups excluding carboxylic acids is 2. The monoisotopic (exact) mass is 238 g/mol. The maximum absolute atomic E-state index is 11.5. The molecule has 0 aromatic rings. The van der Waals surface area contributed by atoms with Crippen molar-refractivity contribution in [1.29, 1.82) is 0 Å². The van der Waals surface area contributed by atoms with Crippen molar-refractivity contribution in [3.05, 3.63) is 23.8 Å². The summed E-state index contributed by atoms with van der Waals surface area (Å²) in [5.74, 6) is -0.351. The van der Waals surface area contributed by atoms with Gasteiger partial charge in [0.1, 0.15) is 6.61 Å². The smallest absolute Gasteiger partial charge is 0.462 e. The summed E-state index contributed by atoms with van der Waals surface area (Å²) in [5.41, 5.74) is 1.21. The fourth-order valence-electron chi connectivity index (χ4n) is 1.62. The molecule has 0 bridgehead atoms. The predicted molar refractivity (Wildman–Crippen MR) is 58.2 cm³/mol. The van der Waals surface area contributed by atoms with Crippen LogP contribution in [0.2, 0.25) is 0 Å². The fourth-order valence-corrected chi connectivity index (χ4v) is 1.62. The Morgan fingerprint density at radius 1 is 1.59 bits per heavy atom. The molecule has 17 heavy (non-hydrogen) atoms. The molecule has 1 saturated heterocycles. The van der Waals surface area contributed by atoms with Gasteiger partial charge in [-0.1, -0.05) is 23.8 Å². The molecule has 2 atom stereocenters. The zero-order valence-corrected chi connectivity index (χ0v) is 9.55. The third-order valence-corrected chi connectivity index (χ3v) is 2.67. The molecule has 0 aromatic heterocycles. The lowest BCUT2D eigenvalue weighted by molar-refractivity contribution is -0.152. The van der Waals surface area contributed by atoms with E-state index in [4.69, 9.17) is 4.74 Å². The van der Waals surface area contributed by atoms with Crippen molar-refractivity contribution in [2.75, 3.05) is 13.2 Å². The van der Waals surface area contributed by atoms with Gasteiger partial charge < -0.3 is 14.2 Å². The highest BCUT2D eigenvalue weighted by Gasteiger charge is 2.33. The molecule has 0 saturated carbocycles. The van der Waals surface area contributed by atoms with E-state index in [0.29, 0.717) is 6.61 Å². The summed E-state index contributed by atoms with van der Waals surface area (Å²) in [6, 6.07) is 0. The number of allylic oxidation sites excluding steroid dienone is 3. The van der Waals surface area contributed by atoms with Crippen LogP contribution < -0.4 is 0 Å². The van der Waals surface area contributed by atoms with E-state index in [0.717, 1.165) is 6.42 Å². The molecular weight excluding hydrogens is 224 g/mol. The van der Waals surface area contributed by atoms with Gasteiger partial charge in [-0.05, 0) is 13.3 Å². The highest BCUT2D eigenvalue weighted by molar-refractivity contribution is 5.79. The van der Waals surface area contributed by atoms with E-state index in [1.807, 2.05) is 19.1 Å². The van der Waals surface area contributed by atoms with Gasteiger partial charge in [-0.25, -0.2) is 9.59 Å². The molecule has 0 amide bonds. The molecule has 1 aliphatic carbocycles. The maximum Gasteiger partial charge on any atom is 0.509 e. The van der Waals surface area contributed by atoms with Crippen molar-refractivity contribution in [2.24, 2.45) is 5.92 Å². The van der Waals surface area contributed by atoms with Crippen LogP contribution in [0.4, 0.5) is 4.79 Å². The van der Waals surface area contributed by atoms with Crippen molar-refractivity contribution < 1.29 is 23.8 Å². The lowest BCUT2D eigenvalue weighted by Crippen LogP contribution is -2.27. The summed E-state index contributed by atoms with van der Waals surface area (Å²) in [6.07, 6.45) is 5.24. The van der Waals surface area contributed by atoms with Crippen molar-refractivity contribution in [1.82, 2.24) is 0 Å². The van der Waals surface area contributed by atoms with E-state index in [1.165, 1.54) is 5.57 Å². The van der Waals surface area contributed by atoms with Crippen LogP contribution in [0.1, 0.15) is 13.3 Å². The molecule has 1 fully saturated rings. The number of carbonyl (C=O) groups is 2. The van der Waals surface area contributed by atoms with E-state index in [9.17, 15) is 9.59 Å². The van der Waals surface area contributed by atoms with Gasteiger partial charge >= 0.3 is 12.1 Å². The molecule has 2 unspecified atom stereocenters. The van der Waals surface area contributed by atoms with E-state index in [2.05, 4.69) is 15.5 Å². The standard InChI is InChI=1S/C12H14O5/c1-8-2-4-9(5-3-8)6-15-11(13)10-7-16-12(14)17-10/h2-4,9-10H,5-7H2,1H3. The minimum atomic E-state index is -0.910. The fraction of sp³-hybridized carbons (Fsp3) is 0.500. The minimum Gasteiger partial charge on any atom is -0.462 e. The number of hydrogen-bond acceptors (Lipinski definition) is 5. The number of rotatable bonds is 3. The molecule has 2 rings (SSSR count). The zero-order valence-electron chi connectivity index (χ0n) is 9.55. The Balaban J connectivity index is 1.74. The summed E-state index contributed by atoms with van der Waals surface area (Å²) >= 11 is 0. The first-order chi connectivity index (χ1) is 8.15. The molecule has 0 spiro atoms. The van der Waals surface area contributed by atoms with Crippen molar-refractivity contribution in [3.63, 3.8) is 0 Å². The normalized spacial score (nSPS) is 27.1. The molecular formula is C12H14O5. The summed E-state index contributed by atoms with van der Waals surface area (Å²) < 4.78 is 14.2. The van der Waals surface area contributed by atoms with E-state index >= 15 is 0 Å². The highest BCUT2D eigenvalue weighted by Crippen LogP contribution is 2.17. The SMILES string of the molecule is CC1=CCC(COC(=O)C2COC(=O)O2)C=C1. The van der Waals surface area contributed by atoms with Crippen LogP contribution in [-0.4, -0.2) is 31.4 Å². The second kappa shape index (κ2) is 5.03. The Bertz CT molecular complexity index is 382. The Hall–Kier alpha value is -1.78. The third-order valence-electron chi connectivity index (χ3n) is 2.67. The van der Waals surface area contributed by atoms with Gasteiger partial charge in [0.25, 0.3) is 0 Å². The van der Waals surface area contributed by atoms with Crippen LogP contribution in [-0.2, 0) is 19.0 Å². The first-order valence-electron chi connectivity index (χ1n) is 5.50. The number of ether oxygens (including phenoxy) is 3. The van der Waals surface area contributed by atoms with Crippen LogP contribution in [0.25, 0.3) is 0 Å². The predicted octanol–water partition coefficient (Wildman–Crippen LogP) is 1.59. The lowest BCUT2D eigenvalue weighted by Gasteiger charge is -2.15. The van der Waals surface area contributed by atoms with Gasteiger partial charge in [0.05, 0.1) is 6.61 Å². The average Bonchev–Trinajstić information content (AvgIpc) is 2.75. The van der Waals surface area contributed by atoms with Crippen LogP contribution in [0.15, 0.2) is 23.8 Å². The van der Waals surface area contributed by atoms with Crippen LogP contribution in [0, 0.1) is 5.92 Å². The first-order valence-corrected chi connectivity index (χ1v) is 5.50. The van der Waals surface area contributed by atoms with Crippen molar-refractivity contribution >= 4 is 12.1 Å². The van der Waals surface area contributed by atoms with Crippen LogP contribution >= 0.6 is 0 Å². The van der Waals surface area contributed by atoms with Gasteiger partial charge in [-0.15, -0.1) is 0 Å². The zero-order chi connectivity index (χ0) is 12.3. The van der Waals surface area contributed by atoms with Crippen molar-refractivity contribution in [2.45, 2.75) is 19.4 Å².